The van der Waals surface area contributed by atoms with Crippen molar-refractivity contribution in [2.75, 3.05) is 7.11 Å². The maximum Gasteiger partial charge on any atom is 0.455 e. The fourth-order valence-corrected chi connectivity index (χ4v) is 1.30. The summed E-state index contributed by atoms with van der Waals surface area (Å²) in [5, 5.41) is -0.0346. The number of carbonyl (C=O) groups excluding carboxylic acids is 1. The number of ether oxygens (including phenoxy) is 1. The molecule has 0 saturated carbocycles. The number of Topliss-reactive ketones (excluding diaryl/α,β-unsaturated/α-hetero) is 1. The van der Waals surface area contributed by atoms with E-state index in [-0.39, 0.29) is 10.8 Å². The molecule has 0 spiro atoms. The molecule has 0 amide bonds. The maximum absolute atomic E-state index is 12.1. The Bertz CT molecular complexity index is 387. The zero-order valence-corrected chi connectivity index (χ0v) is 8.32. The van der Waals surface area contributed by atoms with Crippen LogP contribution in [0.4, 0.5) is 13.2 Å². The van der Waals surface area contributed by atoms with Crippen LogP contribution < -0.4 is 4.74 Å². The second-order valence-electron chi connectivity index (χ2n) is 2.65. The van der Waals surface area contributed by atoms with Gasteiger partial charge in [0.2, 0.25) is 0 Å². The van der Waals surface area contributed by atoms with Gasteiger partial charge in [0.05, 0.1) is 17.7 Å². The normalized spacial score (nSPS) is 11.3. The second-order valence-corrected chi connectivity index (χ2v) is 3.05. The number of rotatable bonds is 2. The van der Waals surface area contributed by atoms with Crippen molar-refractivity contribution < 1.29 is 22.7 Å². The van der Waals surface area contributed by atoms with E-state index in [0.29, 0.717) is 0 Å². The van der Waals surface area contributed by atoms with E-state index in [1.165, 1.54) is 12.1 Å². The lowest BCUT2D eigenvalue weighted by molar-refractivity contribution is -0.0886. The van der Waals surface area contributed by atoms with Crippen LogP contribution in [0.15, 0.2) is 18.2 Å². The third-order valence-electron chi connectivity index (χ3n) is 1.67. The Morgan fingerprint density at radius 3 is 2.47 bits per heavy atom. The number of alkyl halides is 3. The molecule has 0 fully saturated rings. The summed E-state index contributed by atoms with van der Waals surface area (Å²) in [6.07, 6.45) is -4.93. The van der Waals surface area contributed by atoms with E-state index in [1.807, 2.05) is 0 Å². The Kier molecular flexibility index (Phi) is 3.24. The molecule has 0 aromatic heterocycles. The lowest BCUT2D eigenvalue weighted by Gasteiger charge is -2.10. The Morgan fingerprint density at radius 1 is 1.40 bits per heavy atom. The summed E-state index contributed by atoms with van der Waals surface area (Å²) in [6.45, 7) is 0. The van der Waals surface area contributed by atoms with Gasteiger partial charge in [0.15, 0.2) is 0 Å². The zero-order valence-electron chi connectivity index (χ0n) is 7.56. The second kappa shape index (κ2) is 4.10. The first-order valence-corrected chi connectivity index (χ1v) is 4.19. The van der Waals surface area contributed by atoms with Crippen molar-refractivity contribution in [3.63, 3.8) is 0 Å². The first-order chi connectivity index (χ1) is 6.88. The van der Waals surface area contributed by atoms with Crippen LogP contribution in [0.5, 0.6) is 5.75 Å². The van der Waals surface area contributed by atoms with Gasteiger partial charge in [0.1, 0.15) is 5.75 Å². The monoisotopic (exact) mass is 238 g/mol. The van der Waals surface area contributed by atoms with Crippen molar-refractivity contribution in [3.8, 4) is 5.75 Å². The molecule has 1 aromatic carbocycles. The lowest BCUT2D eigenvalue weighted by atomic mass is 10.1. The largest absolute Gasteiger partial charge is 0.494 e. The Labute approximate surface area is 88.6 Å². The molecule has 0 unspecified atom stereocenters. The molecule has 0 saturated heterocycles. The van der Waals surface area contributed by atoms with Gasteiger partial charge in [-0.05, 0) is 12.1 Å². The van der Waals surface area contributed by atoms with Crippen molar-refractivity contribution in [3.05, 3.63) is 28.8 Å². The van der Waals surface area contributed by atoms with Crippen LogP contribution in [0.1, 0.15) is 10.4 Å². The molecule has 1 aromatic rings. The van der Waals surface area contributed by atoms with E-state index in [1.54, 1.807) is 0 Å². The molecule has 15 heavy (non-hydrogen) atoms. The number of methoxy groups -OCH3 is 1. The van der Waals surface area contributed by atoms with Crippen LogP contribution in [0.2, 0.25) is 5.02 Å². The molecular weight excluding hydrogens is 233 g/mol. The van der Waals surface area contributed by atoms with Gasteiger partial charge in [0.25, 0.3) is 5.78 Å². The first kappa shape index (κ1) is 11.8. The van der Waals surface area contributed by atoms with Crippen LogP contribution >= 0.6 is 11.6 Å². The van der Waals surface area contributed by atoms with Gasteiger partial charge in [-0.2, -0.15) is 13.2 Å². The molecule has 0 radical (unpaired) electrons. The lowest BCUT2D eigenvalue weighted by Crippen LogP contribution is -2.23. The zero-order chi connectivity index (χ0) is 11.6. The Balaban J connectivity index is 3.26. The number of halogens is 4. The van der Waals surface area contributed by atoms with Gasteiger partial charge >= 0.3 is 6.18 Å². The van der Waals surface area contributed by atoms with E-state index in [0.717, 1.165) is 13.2 Å². The number of hydrogen-bond acceptors (Lipinski definition) is 2. The van der Waals surface area contributed by atoms with Crippen LogP contribution in [0, 0.1) is 0 Å². The van der Waals surface area contributed by atoms with E-state index in [4.69, 9.17) is 11.6 Å². The molecule has 2 nitrogen and oxygen atoms in total. The third kappa shape index (κ3) is 2.41. The first-order valence-electron chi connectivity index (χ1n) is 3.82. The van der Waals surface area contributed by atoms with Crippen LogP contribution in [0.25, 0.3) is 0 Å². The van der Waals surface area contributed by atoms with Crippen molar-refractivity contribution in [2.45, 2.75) is 6.18 Å². The molecular formula is C9H6ClF3O2. The number of hydrogen-bond donors (Lipinski definition) is 0. The third-order valence-corrected chi connectivity index (χ3v) is 1.97. The van der Waals surface area contributed by atoms with Crippen LogP contribution in [0.3, 0.4) is 0 Å². The smallest absolute Gasteiger partial charge is 0.455 e. The summed E-state index contributed by atoms with van der Waals surface area (Å²) < 4.78 is 41.0. The molecule has 0 bridgehead atoms. The predicted octanol–water partition coefficient (Wildman–Crippen LogP) is 3.09. The number of benzene rings is 1. The average Bonchev–Trinajstić information content (AvgIpc) is 2.14. The summed E-state index contributed by atoms with van der Waals surface area (Å²) in [5.74, 6) is -2.23. The van der Waals surface area contributed by atoms with E-state index in [2.05, 4.69) is 4.74 Å². The molecule has 1 rings (SSSR count). The van der Waals surface area contributed by atoms with E-state index < -0.39 is 17.5 Å². The summed E-state index contributed by atoms with van der Waals surface area (Å²) in [6, 6.07) is 3.61. The van der Waals surface area contributed by atoms with Gasteiger partial charge in [-0.25, -0.2) is 0 Å². The van der Waals surface area contributed by atoms with Crippen molar-refractivity contribution in [1.82, 2.24) is 0 Å². The predicted molar refractivity (Wildman–Crippen MR) is 48.4 cm³/mol. The molecule has 82 valence electrons. The summed E-state index contributed by atoms with van der Waals surface area (Å²) >= 11 is 5.58. The Morgan fingerprint density at radius 2 is 2.00 bits per heavy atom. The van der Waals surface area contributed by atoms with Crippen molar-refractivity contribution in [2.24, 2.45) is 0 Å². The number of para-hydroxylation sites is 1. The van der Waals surface area contributed by atoms with E-state index >= 15 is 0 Å². The molecule has 0 aliphatic heterocycles. The highest BCUT2D eigenvalue weighted by atomic mass is 35.5. The minimum atomic E-state index is -4.93. The highest BCUT2D eigenvalue weighted by Gasteiger charge is 2.41. The van der Waals surface area contributed by atoms with Gasteiger partial charge in [-0.1, -0.05) is 17.7 Å². The molecule has 0 N–H and O–H groups in total. The number of ketones is 1. The topological polar surface area (TPSA) is 26.3 Å². The summed E-state index contributed by atoms with van der Waals surface area (Å²) in [4.78, 5) is 10.9. The fourth-order valence-electron chi connectivity index (χ4n) is 1.05. The minimum Gasteiger partial charge on any atom is -0.494 e. The highest BCUT2D eigenvalue weighted by Crippen LogP contribution is 2.32. The van der Waals surface area contributed by atoms with Crippen LogP contribution in [-0.4, -0.2) is 19.1 Å². The minimum absolute atomic E-state index is 0.0346. The molecule has 0 aliphatic rings. The Hall–Kier alpha value is -1.23. The SMILES string of the molecule is COc1c(Cl)cccc1C(=O)C(F)(F)F. The average molecular weight is 239 g/mol. The summed E-state index contributed by atoms with van der Waals surface area (Å²) in [7, 11) is 1.15. The van der Waals surface area contributed by atoms with Gasteiger partial charge < -0.3 is 4.74 Å². The standard InChI is InChI=1S/C9H6ClF3O2/c1-15-7-5(3-2-4-6(7)10)8(14)9(11,12)13/h2-4H,1H3. The van der Waals surface area contributed by atoms with Gasteiger partial charge in [-0.15, -0.1) is 0 Å². The molecule has 0 heterocycles. The fraction of sp³-hybridized carbons (Fsp3) is 0.222. The van der Waals surface area contributed by atoms with Crippen molar-refractivity contribution in [1.29, 1.82) is 0 Å². The summed E-state index contributed by atoms with van der Waals surface area (Å²) in [5.41, 5.74) is -0.586. The maximum atomic E-state index is 12.1. The van der Waals surface area contributed by atoms with Crippen LogP contribution in [-0.2, 0) is 0 Å². The molecule has 0 atom stereocenters. The highest BCUT2D eigenvalue weighted by molar-refractivity contribution is 6.32. The quantitative estimate of drug-likeness (QED) is 0.740. The van der Waals surface area contributed by atoms with Gasteiger partial charge in [0, 0.05) is 0 Å². The van der Waals surface area contributed by atoms with E-state index in [9.17, 15) is 18.0 Å². The van der Waals surface area contributed by atoms with Gasteiger partial charge in [-0.3, -0.25) is 4.79 Å². The number of carbonyl (C=O) groups is 1. The molecule has 0 aliphatic carbocycles. The molecule has 6 heteroatoms. The van der Waals surface area contributed by atoms with Crippen molar-refractivity contribution >= 4 is 17.4 Å².